The second kappa shape index (κ2) is 8.29. The summed E-state index contributed by atoms with van der Waals surface area (Å²) in [5.41, 5.74) is 1.12. The SMILES string of the molecule is O=Cc1ccc(OCC(=O)O[C@H](C(=O)NC2CC2)c2ccccc2)cc1. The summed E-state index contributed by atoms with van der Waals surface area (Å²) >= 11 is 0. The Morgan fingerprint density at radius 2 is 1.77 bits per heavy atom. The zero-order valence-electron chi connectivity index (χ0n) is 14.1. The minimum absolute atomic E-state index is 0.167. The van der Waals surface area contributed by atoms with E-state index in [4.69, 9.17) is 9.47 Å². The van der Waals surface area contributed by atoms with Gasteiger partial charge in [-0.1, -0.05) is 30.3 Å². The number of carbonyl (C=O) groups excluding carboxylic acids is 3. The first kappa shape index (κ1) is 17.7. The fourth-order valence-electron chi connectivity index (χ4n) is 2.36. The Kier molecular flexibility index (Phi) is 5.63. The topological polar surface area (TPSA) is 81.7 Å². The standard InChI is InChI=1S/C20H19NO5/c22-12-14-6-10-17(11-7-14)25-13-18(23)26-19(15-4-2-1-3-5-15)20(24)21-16-8-9-16/h1-7,10-12,16,19H,8-9,13H2,(H,21,24)/t19-/m0/s1. The number of amides is 1. The number of hydrogen-bond donors (Lipinski definition) is 1. The van der Waals surface area contributed by atoms with Gasteiger partial charge in [-0.2, -0.15) is 0 Å². The smallest absolute Gasteiger partial charge is 0.345 e. The first-order chi connectivity index (χ1) is 12.7. The van der Waals surface area contributed by atoms with Gasteiger partial charge in [0.05, 0.1) is 0 Å². The molecule has 1 N–H and O–H groups in total. The van der Waals surface area contributed by atoms with E-state index in [2.05, 4.69) is 5.32 Å². The molecule has 0 aliphatic heterocycles. The van der Waals surface area contributed by atoms with Gasteiger partial charge in [0.1, 0.15) is 12.0 Å². The van der Waals surface area contributed by atoms with E-state index in [1.54, 1.807) is 48.5 Å². The molecule has 1 fully saturated rings. The first-order valence-electron chi connectivity index (χ1n) is 8.38. The maximum atomic E-state index is 12.4. The minimum atomic E-state index is -1.01. The van der Waals surface area contributed by atoms with Gasteiger partial charge < -0.3 is 14.8 Å². The number of aldehydes is 1. The van der Waals surface area contributed by atoms with Crippen molar-refractivity contribution in [3.05, 3.63) is 65.7 Å². The molecule has 2 aromatic rings. The number of hydrogen-bond acceptors (Lipinski definition) is 5. The lowest BCUT2D eigenvalue weighted by atomic mass is 10.1. The first-order valence-corrected chi connectivity index (χ1v) is 8.38. The lowest BCUT2D eigenvalue weighted by molar-refractivity contribution is -0.158. The molecule has 134 valence electrons. The van der Waals surface area contributed by atoms with Gasteiger partial charge in [-0.05, 0) is 37.1 Å². The lowest BCUT2D eigenvalue weighted by Crippen LogP contribution is -2.34. The Hall–Kier alpha value is -3.15. The molecule has 6 nitrogen and oxygen atoms in total. The molecule has 2 aromatic carbocycles. The van der Waals surface area contributed by atoms with Gasteiger partial charge in [0, 0.05) is 17.2 Å². The molecule has 1 atom stereocenters. The number of nitrogens with one attached hydrogen (secondary N) is 1. The highest BCUT2D eigenvalue weighted by Gasteiger charge is 2.30. The highest BCUT2D eigenvalue weighted by Crippen LogP contribution is 2.23. The average Bonchev–Trinajstić information content (AvgIpc) is 3.49. The Labute approximate surface area is 151 Å². The fraction of sp³-hybridized carbons (Fsp3) is 0.250. The summed E-state index contributed by atoms with van der Waals surface area (Å²) in [6, 6.07) is 15.4. The molecule has 0 unspecified atom stereocenters. The van der Waals surface area contributed by atoms with Crippen molar-refractivity contribution in [3.63, 3.8) is 0 Å². The van der Waals surface area contributed by atoms with Crippen LogP contribution in [0.5, 0.6) is 5.75 Å². The van der Waals surface area contributed by atoms with Crippen molar-refractivity contribution >= 4 is 18.2 Å². The van der Waals surface area contributed by atoms with Gasteiger partial charge in [0.2, 0.25) is 6.10 Å². The lowest BCUT2D eigenvalue weighted by Gasteiger charge is -2.18. The largest absolute Gasteiger partial charge is 0.482 e. The van der Waals surface area contributed by atoms with Crippen LogP contribution in [0.1, 0.15) is 34.9 Å². The highest BCUT2D eigenvalue weighted by atomic mass is 16.6. The van der Waals surface area contributed by atoms with Gasteiger partial charge in [0.25, 0.3) is 5.91 Å². The van der Waals surface area contributed by atoms with Crippen LogP contribution in [0.4, 0.5) is 0 Å². The zero-order chi connectivity index (χ0) is 18.4. The van der Waals surface area contributed by atoms with E-state index < -0.39 is 12.1 Å². The van der Waals surface area contributed by atoms with Crippen LogP contribution in [-0.2, 0) is 14.3 Å². The van der Waals surface area contributed by atoms with E-state index in [1.807, 2.05) is 6.07 Å². The third-order valence-corrected chi connectivity index (χ3v) is 3.89. The quantitative estimate of drug-likeness (QED) is 0.582. The van der Waals surface area contributed by atoms with E-state index in [9.17, 15) is 14.4 Å². The summed E-state index contributed by atoms with van der Waals surface area (Å²) in [4.78, 5) is 35.2. The molecule has 0 heterocycles. The van der Waals surface area contributed by atoms with E-state index in [-0.39, 0.29) is 18.6 Å². The second-order valence-electron chi connectivity index (χ2n) is 6.04. The predicted octanol–water partition coefficient (Wildman–Crippen LogP) is 2.44. The molecule has 1 aliphatic rings. The number of benzene rings is 2. The Balaban J connectivity index is 1.60. The molecule has 1 aliphatic carbocycles. The number of carbonyl (C=O) groups is 3. The summed E-state index contributed by atoms with van der Waals surface area (Å²) in [5, 5.41) is 2.85. The van der Waals surface area contributed by atoms with E-state index >= 15 is 0 Å². The van der Waals surface area contributed by atoms with Crippen LogP contribution < -0.4 is 10.1 Å². The molecule has 6 heteroatoms. The maximum absolute atomic E-state index is 12.4. The zero-order valence-corrected chi connectivity index (χ0v) is 14.1. The van der Waals surface area contributed by atoms with Crippen LogP contribution in [0.2, 0.25) is 0 Å². The molecule has 1 saturated carbocycles. The summed E-state index contributed by atoms with van der Waals surface area (Å²) in [6.45, 7) is -0.333. The second-order valence-corrected chi connectivity index (χ2v) is 6.04. The number of rotatable bonds is 8. The average molecular weight is 353 g/mol. The minimum Gasteiger partial charge on any atom is -0.482 e. The van der Waals surface area contributed by atoms with Crippen LogP contribution in [0.3, 0.4) is 0 Å². The summed E-state index contributed by atoms with van der Waals surface area (Å²) < 4.78 is 10.7. The van der Waals surface area contributed by atoms with Gasteiger partial charge >= 0.3 is 5.97 Å². The number of ether oxygens (including phenoxy) is 2. The molecular formula is C20H19NO5. The molecule has 0 spiro atoms. The molecule has 1 amide bonds. The van der Waals surface area contributed by atoms with Crippen LogP contribution in [-0.4, -0.2) is 30.8 Å². The monoisotopic (exact) mass is 353 g/mol. The Morgan fingerprint density at radius 3 is 2.38 bits per heavy atom. The summed E-state index contributed by atoms with van der Waals surface area (Å²) in [5.74, 6) is -0.544. The maximum Gasteiger partial charge on any atom is 0.345 e. The van der Waals surface area contributed by atoms with Crippen molar-refractivity contribution < 1.29 is 23.9 Å². The van der Waals surface area contributed by atoms with Crippen molar-refractivity contribution in [1.82, 2.24) is 5.32 Å². The number of esters is 1. The molecule has 0 radical (unpaired) electrons. The third-order valence-electron chi connectivity index (χ3n) is 3.89. The molecule has 0 bridgehead atoms. The van der Waals surface area contributed by atoms with Gasteiger partial charge in [-0.25, -0.2) is 4.79 Å². The summed E-state index contributed by atoms with van der Waals surface area (Å²) in [6.07, 6.45) is 1.61. The van der Waals surface area contributed by atoms with E-state index in [1.165, 1.54) is 0 Å². The van der Waals surface area contributed by atoms with Crippen molar-refractivity contribution in [2.24, 2.45) is 0 Å². The van der Waals surface area contributed by atoms with E-state index in [0.29, 0.717) is 16.9 Å². The van der Waals surface area contributed by atoms with Crippen molar-refractivity contribution in [2.45, 2.75) is 25.0 Å². The van der Waals surface area contributed by atoms with Crippen LogP contribution in [0.15, 0.2) is 54.6 Å². The van der Waals surface area contributed by atoms with Crippen molar-refractivity contribution in [3.8, 4) is 5.75 Å². The van der Waals surface area contributed by atoms with Crippen LogP contribution in [0.25, 0.3) is 0 Å². The third kappa shape index (κ3) is 4.92. The van der Waals surface area contributed by atoms with Crippen LogP contribution >= 0.6 is 0 Å². The normalized spacial score (nSPS) is 14.2. The van der Waals surface area contributed by atoms with Crippen molar-refractivity contribution in [1.29, 1.82) is 0 Å². The fourth-order valence-corrected chi connectivity index (χ4v) is 2.36. The molecule has 3 rings (SSSR count). The molecule has 26 heavy (non-hydrogen) atoms. The molecule has 0 aromatic heterocycles. The Morgan fingerprint density at radius 1 is 1.08 bits per heavy atom. The van der Waals surface area contributed by atoms with Gasteiger partial charge in [0.15, 0.2) is 6.61 Å². The Bertz CT molecular complexity index is 769. The highest BCUT2D eigenvalue weighted by molar-refractivity contribution is 5.85. The van der Waals surface area contributed by atoms with Crippen LogP contribution in [0, 0.1) is 0 Å². The predicted molar refractivity (Wildman–Crippen MR) is 93.8 cm³/mol. The van der Waals surface area contributed by atoms with Gasteiger partial charge in [-0.3, -0.25) is 9.59 Å². The summed E-state index contributed by atoms with van der Waals surface area (Å²) in [7, 11) is 0. The molecule has 0 saturated heterocycles. The van der Waals surface area contributed by atoms with E-state index in [0.717, 1.165) is 19.1 Å². The van der Waals surface area contributed by atoms with Gasteiger partial charge in [-0.15, -0.1) is 0 Å². The molecular weight excluding hydrogens is 334 g/mol. The van der Waals surface area contributed by atoms with Crippen molar-refractivity contribution in [2.75, 3.05) is 6.61 Å².